The summed E-state index contributed by atoms with van der Waals surface area (Å²) in [6.07, 6.45) is 0. The van der Waals surface area contributed by atoms with Gasteiger partial charge in [-0.15, -0.1) is 0 Å². The number of para-hydroxylation sites is 1. The molecule has 1 amide bonds. The minimum atomic E-state index is -0.519. The summed E-state index contributed by atoms with van der Waals surface area (Å²) in [5, 5.41) is 7.61. The van der Waals surface area contributed by atoms with Crippen LogP contribution >= 0.6 is 0 Å². The van der Waals surface area contributed by atoms with E-state index in [1.54, 1.807) is 0 Å². The van der Waals surface area contributed by atoms with Gasteiger partial charge in [-0.3, -0.25) is 10.1 Å². The van der Waals surface area contributed by atoms with Gasteiger partial charge in [0.05, 0.1) is 6.04 Å². The first-order chi connectivity index (χ1) is 14.5. The second-order valence-corrected chi connectivity index (χ2v) is 7.73. The normalized spacial score (nSPS) is 13.2. The number of aryl methyl sites for hydroxylation is 2. The van der Waals surface area contributed by atoms with Gasteiger partial charge in [-0.2, -0.15) is 0 Å². The minimum absolute atomic E-state index is 0.0992. The number of carbonyl (C=O) groups excluding carboxylic acids is 1. The molecule has 30 heavy (non-hydrogen) atoms. The van der Waals surface area contributed by atoms with Gasteiger partial charge >= 0.3 is 0 Å². The number of amides is 1. The monoisotopic (exact) mass is 398 g/mol. The van der Waals surface area contributed by atoms with Gasteiger partial charge in [-0.05, 0) is 55.7 Å². The maximum Gasteiger partial charge on any atom is 0.246 e. The van der Waals surface area contributed by atoms with Crippen molar-refractivity contribution in [2.75, 3.05) is 5.32 Å². The minimum Gasteiger partial charge on any atom is -0.459 e. The van der Waals surface area contributed by atoms with E-state index in [1.807, 2.05) is 99.6 Å². The Morgan fingerprint density at radius 2 is 1.63 bits per heavy atom. The highest BCUT2D eigenvalue weighted by molar-refractivity contribution is 5.96. The highest BCUT2D eigenvalue weighted by atomic mass is 16.3. The summed E-state index contributed by atoms with van der Waals surface area (Å²) in [6.45, 7) is 6.03. The lowest BCUT2D eigenvalue weighted by molar-refractivity contribution is -0.118. The van der Waals surface area contributed by atoms with E-state index in [9.17, 15) is 4.79 Å². The van der Waals surface area contributed by atoms with E-state index in [4.69, 9.17) is 4.42 Å². The van der Waals surface area contributed by atoms with Crippen LogP contribution in [0.5, 0.6) is 0 Å². The Hall–Kier alpha value is -3.37. The summed E-state index contributed by atoms with van der Waals surface area (Å²) in [7, 11) is 0. The molecular formula is C26H26N2O2. The Labute approximate surface area is 176 Å². The summed E-state index contributed by atoms with van der Waals surface area (Å²) in [5.41, 5.74) is 4.72. The van der Waals surface area contributed by atoms with Gasteiger partial charge in [0.1, 0.15) is 17.4 Å². The number of benzene rings is 3. The van der Waals surface area contributed by atoms with Gasteiger partial charge in [-0.1, -0.05) is 60.7 Å². The van der Waals surface area contributed by atoms with Gasteiger partial charge in [0.2, 0.25) is 5.91 Å². The fraction of sp³-hybridized carbons (Fsp3) is 0.192. The quantitative estimate of drug-likeness (QED) is 0.414. The number of rotatable bonds is 6. The number of anilines is 1. The van der Waals surface area contributed by atoms with Crippen molar-refractivity contribution in [2.45, 2.75) is 32.9 Å². The lowest BCUT2D eigenvalue weighted by Crippen LogP contribution is -2.34. The smallest absolute Gasteiger partial charge is 0.246 e. The zero-order valence-corrected chi connectivity index (χ0v) is 17.5. The Morgan fingerprint density at radius 3 is 2.40 bits per heavy atom. The number of fused-ring (bicyclic) bond motifs is 1. The molecular weight excluding hydrogens is 372 g/mol. The molecule has 0 fully saturated rings. The first kappa shape index (κ1) is 19.9. The van der Waals surface area contributed by atoms with E-state index >= 15 is 0 Å². The van der Waals surface area contributed by atoms with Crippen molar-refractivity contribution in [1.82, 2.24) is 5.32 Å². The van der Waals surface area contributed by atoms with Crippen LogP contribution in [0.25, 0.3) is 11.0 Å². The van der Waals surface area contributed by atoms with Crippen molar-refractivity contribution in [3.63, 3.8) is 0 Å². The van der Waals surface area contributed by atoms with Crippen molar-refractivity contribution in [3.05, 3.63) is 101 Å². The van der Waals surface area contributed by atoms with Crippen LogP contribution < -0.4 is 10.6 Å². The Morgan fingerprint density at radius 1 is 0.900 bits per heavy atom. The first-order valence-corrected chi connectivity index (χ1v) is 10.2. The summed E-state index contributed by atoms with van der Waals surface area (Å²) in [5.74, 6) is 0.703. The van der Waals surface area contributed by atoms with E-state index < -0.39 is 6.04 Å². The van der Waals surface area contributed by atoms with E-state index in [2.05, 4.69) is 10.6 Å². The zero-order chi connectivity index (χ0) is 21.1. The number of nitrogens with one attached hydrogen (secondary N) is 2. The fourth-order valence-electron chi connectivity index (χ4n) is 3.59. The standard InChI is InChI=1S/C26H26N2O2/c1-17-13-14-18(2)22(15-17)28-26(29)25(20-9-5-4-6-10-20)27-19(3)24-16-21-11-7-8-12-23(21)30-24/h4-16,19,25,27H,1-3H3,(H,28,29)/t19-,25-/m1/s1. The summed E-state index contributed by atoms with van der Waals surface area (Å²) >= 11 is 0. The number of hydrogen-bond donors (Lipinski definition) is 2. The molecule has 0 saturated heterocycles. The van der Waals surface area contributed by atoms with Crippen molar-refractivity contribution < 1.29 is 9.21 Å². The first-order valence-electron chi connectivity index (χ1n) is 10.2. The van der Waals surface area contributed by atoms with Gasteiger partial charge in [0.15, 0.2) is 0 Å². The van der Waals surface area contributed by atoms with Crippen LogP contribution in [0.2, 0.25) is 0 Å². The molecule has 1 aromatic heterocycles. The molecule has 1 heterocycles. The molecule has 3 aromatic carbocycles. The predicted octanol–water partition coefficient (Wildman–Crippen LogP) is 6.08. The lowest BCUT2D eigenvalue weighted by atomic mass is 10.0. The van der Waals surface area contributed by atoms with E-state index in [0.29, 0.717) is 0 Å². The van der Waals surface area contributed by atoms with Crippen molar-refractivity contribution >= 4 is 22.6 Å². The van der Waals surface area contributed by atoms with Gasteiger partial charge in [0, 0.05) is 11.1 Å². The topological polar surface area (TPSA) is 54.3 Å². The molecule has 4 nitrogen and oxygen atoms in total. The largest absolute Gasteiger partial charge is 0.459 e. The lowest BCUT2D eigenvalue weighted by Gasteiger charge is -2.23. The second kappa shape index (κ2) is 8.56. The molecule has 4 rings (SSSR count). The second-order valence-electron chi connectivity index (χ2n) is 7.73. The van der Waals surface area contributed by atoms with E-state index in [-0.39, 0.29) is 11.9 Å². The van der Waals surface area contributed by atoms with Crippen molar-refractivity contribution in [3.8, 4) is 0 Å². The molecule has 2 atom stereocenters. The van der Waals surface area contributed by atoms with Gasteiger partial charge in [0.25, 0.3) is 0 Å². The SMILES string of the molecule is Cc1ccc(C)c(NC(=O)[C@H](N[C@H](C)c2cc3ccccc3o2)c2ccccc2)c1. The maximum atomic E-state index is 13.3. The molecule has 0 unspecified atom stereocenters. The molecule has 0 saturated carbocycles. The summed E-state index contributed by atoms with van der Waals surface area (Å²) in [6, 6.07) is 25.1. The maximum absolute atomic E-state index is 13.3. The van der Waals surface area contributed by atoms with E-state index in [1.165, 1.54) is 0 Å². The van der Waals surface area contributed by atoms with Crippen LogP contribution in [-0.4, -0.2) is 5.91 Å². The summed E-state index contributed by atoms with van der Waals surface area (Å²) < 4.78 is 6.01. The van der Waals surface area contributed by atoms with Crippen LogP contribution in [0.3, 0.4) is 0 Å². The van der Waals surface area contributed by atoms with Crippen LogP contribution in [0.15, 0.2) is 83.3 Å². The Bertz CT molecular complexity index is 1130. The molecule has 0 aliphatic carbocycles. The molecule has 152 valence electrons. The third-order valence-corrected chi connectivity index (χ3v) is 5.33. The van der Waals surface area contributed by atoms with Crippen LogP contribution in [0.1, 0.15) is 41.5 Å². The molecule has 4 heteroatoms. The summed E-state index contributed by atoms with van der Waals surface area (Å²) in [4.78, 5) is 13.3. The average molecular weight is 399 g/mol. The number of hydrogen-bond acceptors (Lipinski definition) is 3. The van der Waals surface area contributed by atoms with Gasteiger partial charge in [-0.25, -0.2) is 0 Å². The van der Waals surface area contributed by atoms with Crippen LogP contribution in [0, 0.1) is 13.8 Å². The number of carbonyl (C=O) groups is 1. The van der Waals surface area contributed by atoms with Crippen molar-refractivity contribution in [1.29, 1.82) is 0 Å². The highest BCUT2D eigenvalue weighted by Crippen LogP contribution is 2.27. The third kappa shape index (κ3) is 4.29. The van der Waals surface area contributed by atoms with E-state index in [0.717, 1.165) is 39.1 Å². The van der Waals surface area contributed by atoms with Crippen LogP contribution in [-0.2, 0) is 4.79 Å². The Kier molecular flexibility index (Phi) is 5.68. The van der Waals surface area contributed by atoms with Crippen molar-refractivity contribution in [2.24, 2.45) is 0 Å². The Balaban J connectivity index is 1.61. The number of furan rings is 1. The molecule has 4 aromatic rings. The predicted molar refractivity (Wildman–Crippen MR) is 121 cm³/mol. The van der Waals surface area contributed by atoms with Crippen LogP contribution in [0.4, 0.5) is 5.69 Å². The highest BCUT2D eigenvalue weighted by Gasteiger charge is 2.25. The average Bonchev–Trinajstić information content (AvgIpc) is 3.19. The molecule has 0 aliphatic heterocycles. The molecule has 2 N–H and O–H groups in total. The van der Waals surface area contributed by atoms with Gasteiger partial charge < -0.3 is 9.73 Å². The third-order valence-electron chi connectivity index (χ3n) is 5.33. The molecule has 0 bridgehead atoms. The molecule has 0 radical (unpaired) electrons. The molecule has 0 spiro atoms. The fourth-order valence-corrected chi connectivity index (χ4v) is 3.59. The molecule has 0 aliphatic rings. The zero-order valence-electron chi connectivity index (χ0n) is 17.5.